The van der Waals surface area contributed by atoms with Crippen LogP contribution in [-0.2, 0) is 6.42 Å². The molecule has 1 fully saturated rings. The average Bonchev–Trinajstić information content (AvgIpc) is 2.95. The smallest absolute Gasteiger partial charge is 0.126 e. The average molecular weight is 233 g/mol. The number of halogens is 1. The summed E-state index contributed by atoms with van der Waals surface area (Å²) < 4.78 is 13.6. The number of hydrogen-bond donors (Lipinski definition) is 1. The molecule has 0 aromatic heterocycles. The number of nitrogens with one attached hydrogen (secondary N) is 1. The Kier molecular flexibility index (Phi) is 3.15. The van der Waals surface area contributed by atoms with Crippen LogP contribution >= 0.6 is 0 Å². The van der Waals surface area contributed by atoms with Crippen molar-refractivity contribution >= 4 is 0 Å². The van der Waals surface area contributed by atoms with Gasteiger partial charge in [0, 0.05) is 6.04 Å². The van der Waals surface area contributed by atoms with Gasteiger partial charge >= 0.3 is 0 Å². The van der Waals surface area contributed by atoms with Gasteiger partial charge in [-0.25, -0.2) is 4.39 Å². The van der Waals surface area contributed by atoms with Gasteiger partial charge < -0.3 is 5.32 Å². The maximum absolute atomic E-state index is 13.6. The van der Waals surface area contributed by atoms with Gasteiger partial charge in [-0.05, 0) is 55.3 Å². The Hall–Kier alpha value is -0.890. The first kappa shape index (κ1) is 11.2. The van der Waals surface area contributed by atoms with E-state index in [1.54, 1.807) is 6.07 Å². The van der Waals surface area contributed by atoms with Crippen LogP contribution in [0.5, 0.6) is 0 Å². The standard InChI is InChI=1S/C15H20FN/c16-14-7-3-6-13-12(14)8-9-15(13)17-10-11-4-1-2-5-11/h3,6-7,11,15,17H,1-2,4-5,8-10H2. The van der Waals surface area contributed by atoms with Crippen LogP contribution in [0.4, 0.5) is 4.39 Å². The highest BCUT2D eigenvalue weighted by Crippen LogP contribution is 2.33. The molecule has 1 aromatic carbocycles. The first-order valence-corrected chi connectivity index (χ1v) is 6.85. The van der Waals surface area contributed by atoms with E-state index in [4.69, 9.17) is 0 Å². The van der Waals surface area contributed by atoms with Gasteiger partial charge in [-0.15, -0.1) is 0 Å². The lowest BCUT2D eigenvalue weighted by Crippen LogP contribution is -2.25. The molecule has 0 bridgehead atoms. The fourth-order valence-electron chi connectivity index (χ4n) is 3.35. The van der Waals surface area contributed by atoms with Crippen LogP contribution < -0.4 is 5.32 Å². The summed E-state index contributed by atoms with van der Waals surface area (Å²) in [5.74, 6) is 0.834. The fourth-order valence-corrected chi connectivity index (χ4v) is 3.35. The third kappa shape index (κ3) is 2.23. The molecule has 0 heterocycles. The van der Waals surface area contributed by atoms with Crippen molar-refractivity contribution < 1.29 is 4.39 Å². The van der Waals surface area contributed by atoms with E-state index in [0.29, 0.717) is 6.04 Å². The van der Waals surface area contributed by atoms with Crippen LogP contribution in [0.3, 0.4) is 0 Å². The summed E-state index contributed by atoms with van der Waals surface area (Å²) >= 11 is 0. The SMILES string of the molecule is Fc1cccc2c1CCC2NCC1CCCC1. The van der Waals surface area contributed by atoms with Crippen LogP contribution in [-0.4, -0.2) is 6.54 Å². The van der Waals surface area contributed by atoms with Crippen LogP contribution in [0.2, 0.25) is 0 Å². The summed E-state index contributed by atoms with van der Waals surface area (Å²) in [6, 6.07) is 5.89. The summed E-state index contributed by atoms with van der Waals surface area (Å²) in [7, 11) is 0. The van der Waals surface area contributed by atoms with Gasteiger partial charge in [-0.3, -0.25) is 0 Å². The quantitative estimate of drug-likeness (QED) is 0.841. The minimum atomic E-state index is -0.0207. The molecular formula is C15H20FN. The van der Waals surface area contributed by atoms with Crippen LogP contribution in [0, 0.1) is 11.7 Å². The summed E-state index contributed by atoms with van der Waals surface area (Å²) in [6.45, 7) is 1.11. The zero-order valence-electron chi connectivity index (χ0n) is 10.2. The molecule has 3 rings (SSSR count). The highest BCUT2D eigenvalue weighted by molar-refractivity contribution is 5.35. The second-order valence-electron chi connectivity index (χ2n) is 5.46. The van der Waals surface area contributed by atoms with Gasteiger partial charge in [-0.1, -0.05) is 25.0 Å². The lowest BCUT2D eigenvalue weighted by atomic mass is 10.1. The van der Waals surface area contributed by atoms with Crippen molar-refractivity contribution in [2.45, 2.75) is 44.6 Å². The minimum Gasteiger partial charge on any atom is -0.310 e. The lowest BCUT2D eigenvalue weighted by molar-refractivity contribution is 0.436. The largest absolute Gasteiger partial charge is 0.310 e. The first-order chi connectivity index (χ1) is 8.34. The Bertz CT molecular complexity index is 396. The van der Waals surface area contributed by atoms with Crippen molar-refractivity contribution in [3.05, 3.63) is 35.1 Å². The van der Waals surface area contributed by atoms with E-state index in [9.17, 15) is 4.39 Å². The summed E-state index contributed by atoms with van der Waals surface area (Å²) in [5.41, 5.74) is 2.14. The Morgan fingerprint density at radius 1 is 1.18 bits per heavy atom. The maximum atomic E-state index is 13.6. The molecule has 1 unspecified atom stereocenters. The lowest BCUT2D eigenvalue weighted by Gasteiger charge is -2.17. The molecule has 1 aromatic rings. The van der Waals surface area contributed by atoms with Crippen molar-refractivity contribution in [2.24, 2.45) is 5.92 Å². The van der Waals surface area contributed by atoms with E-state index >= 15 is 0 Å². The Labute approximate surface area is 102 Å². The molecule has 0 aliphatic heterocycles. The molecule has 2 heteroatoms. The Morgan fingerprint density at radius 2 is 2.00 bits per heavy atom. The first-order valence-electron chi connectivity index (χ1n) is 6.85. The summed E-state index contributed by atoms with van der Waals surface area (Å²) in [5, 5.41) is 3.64. The van der Waals surface area contributed by atoms with E-state index in [-0.39, 0.29) is 5.82 Å². The molecule has 2 aliphatic carbocycles. The molecule has 0 amide bonds. The highest BCUT2D eigenvalue weighted by Gasteiger charge is 2.25. The van der Waals surface area contributed by atoms with Crippen molar-refractivity contribution in [1.29, 1.82) is 0 Å². The number of benzene rings is 1. The number of hydrogen-bond acceptors (Lipinski definition) is 1. The van der Waals surface area contributed by atoms with Gasteiger partial charge in [0.25, 0.3) is 0 Å². The van der Waals surface area contributed by atoms with E-state index in [0.717, 1.165) is 30.9 Å². The number of rotatable bonds is 3. The van der Waals surface area contributed by atoms with Gasteiger partial charge in [0.1, 0.15) is 5.82 Å². The molecule has 0 spiro atoms. The molecule has 1 atom stereocenters. The molecule has 2 aliphatic rings. The Morgan fingerprint density at radius 3 is 2.82 bits per heavy atom. The van der Waals surface area contributed by atoms with Crippen molar-refractivity contribution in [1.82, 2.24) is 5.32 Å². The monoisotopic (exact) mass is 233 g/mol. The van der Waals surface area contributed by atoms with Crippen LogP contribution in [0.15, 0.2) is 18.2 Å². The molecule has 1 saturated carbocycles. The zero-order valence-corrected chi connectivity index (χ0v) is 10.2. The van der Waals surface area contributed by atoms with Crippen molar-refractivity contribution in [3.8, 4) is 0 Å². The molecule has 17 heavy (non-hydrogen) atoms. The zero-order chi connectivity index (χ0) is 11.7. The fraction of sp³-hybridized carbons (Fsp3) is 0.600. The van der Waals surface area contributed by atoms with Crippen LogP contribution in [0.25, 0.3) is 0 Å². The topological polar surface area (TPSA) is 12.0 Å². The third-order valence-corrected chi connectivity index (χ3v) is 4.34. The minimum absolute atomic E-state index is 0.0207. The molecule has 1 N–H and O–H groups in total. The van der Waals surface area contributed by atoms with Crippen molar-refractivity contribution in [3.63, 3.8) is 0 Å². The van der Waals surface area contributed by atoms with Crippen LogP contribution in [0.1, 0.15) is 49.3 Å². The number of fused-ring (bicyclic) bond motifs is 1. The van der Waals surface area contributed by atoms with E-state index in [2.05, 4.69) is 11.4 Å². The molecule has 0 radical (unpaired) electrons. The van der Waals surface area contributed by atoms with Gasteiger partial charge in [0.2, 0.25) is 0 Å². The van der Waals surface area contributed by atoms with E-state index < -0.39 is 0 Å². The molecule has 1 nitrogen and oxygen atoms in total. The summed E-state index contributed by atoms with van der Waals surface area (Å²) in [4.78, 5) is 0. The van der Waals surface area contributed by atoms with Gasteiger partial charge in [0.15, 0.2) is 0 Å². The normalized spacial score (nSPS) is 24.2. The van der Waals surface area contributed by atoms with Gasteiger partial charge in [-0.2, -0.15) is 0 Å². The van der Waals surface area contributed by atoms with E-state index in [1.165, 1.54) is 31.2 Å². The third-order valence-electron chi connectivity index (χ3n) is 4.34. The predicted octanol–water partition coefficient (Wildman–Crippen LogP) is 3.59. The maximum Gasteiger partial charge on any atom is 0.126 e. The second kappa shape index (κ2) is 4.77. The Balaban J connectivity index is 1.65. The summed E-state index contributed by atoms with van der Waals surface area (Å²) in [6.07, 6.45) is 7.48. The predicted molar refractivity (Wildman–Crippen MR) is 67.4 cm³/mol. The molecule has 92 valence electrons. The highest BCUT2D eigenvalue weighted by atomic mass is 19.1. The van der Waals surface area contributed by atoms with Crippen molar-refractivity contribution in [2.75, 3.05) is 6.54 Å². The molecule has 0 saturated heterocycles. The molecular weight excluding hydrogens is 213 g/mol. The van der Waals surface area contributed by atoms with Gasteiger partial charge in [0.05, 0.1) is 0 Å². The second-order valence-corrected chi connectivity index (χ2v) is 5.46. The van der Waals surface area contributed by atoms with E-state index in [1.807, 2.05) is 6.07 Å².